The molecule has 7 nitrogen and oxygen atoms in total. The van der Waals surface area contributed by atoms with Gasteiger partial charge in [-0.2, -0.15) is 5.10 Å². The summed E-state index contributed by atoms with van der Waals surface area (Å²) in [6, 6.07) is 18.5. The third-order valence-corrected chi connectivity index (χ3v) is 3.56. The lowest BCUT2D eigenvalue weighted by atomic mass is 10.2. The van der Waals surface area contributed by atoms with Gasteiger partial charge in [-0.1, -0.05) is 48.5 Å². The number of hydrogen-bond acceptors (Lipinski definition) is 5. The summed E-state index contributed by atoms with van der Waals surface area (Å²) < 4.78 is 11.4. The fraction of sp³-hybridized carbons (Fsp3) is 0.105. The number of nitrogens with zero attached hydrogens (tertiary/aromatic N) is 2. The molecule has 7 heteroatoms. The maximum atomic E-state index is 12.1. The number of methoxy groups -OCH3 is 1. The molecular weight excluding hydrogens is 334 g/mol. The molecule has 0 radical (unpaired) electrons. The summed E-state index contributed by atoms with van der Waals surface area (Å²) in [5.74, 6) is -0.655. The molecule has 0 bridgehead atoms. The molecule has 0 saturated heterocycles. The summed E-state index contributed by atoms with van der Waals surface area (Å²) in [7, 11) is 1.25. The minimum absolute atomic E-state index is 0.00647. The predicted octanol–water partition coefficient (Wildman–Crippen LogP) is 3.41. The highest BCUT2D eigenvalue weighted by Crippen LogP contribution is 2.18. The summed E-state index contributed by atoms with van der Waals surface area (Å²) in [4.78, 5) is 24.0. The number of para-hydroxylation sites is 1. The van der Waals surface area contributed by atoms with E-state index in [1.807, 2.05) is 60.7 Å². The molecule has 132 valence electrons. The number of aromatic nitrogens is 2. The number of esters is 1. The molecule has 26 heavy (non-hydrogen) atoms. The molecule has 0 aliphatic rings. The van der Waals surface area contributed by atoms with Crippen molar-refractivity contribution in [1.82, 2.24) is 9.78 Å². The molecule has 1 amide bonds. The lowest BCUT2D eigenvalue weighted by Gasteiger charge is -2.06. The number of nitrogens with one attached hydrogen (secondary N) is 1. The summed E-state index contributed by atoms with van der Waals surface area (Å²) in [5, 5.41) is 6.74. The standard InChI is InChI=1S/C19H17N3O4/c1-25-18(23)17-16(12-22(21-17)15-10-6-3-7-11-15)20-19(24)26-13-14-8-4-2-5-9-14/h2-12H,13H2,1H3,(H,20,24). The van der Waals surface area contributed by atoms with Crippen LogP contribution in [0.5, 0.6) is 0 Å². The topological polar surface area (TPSA) is 82.5 Å². The number of rotatable bonds is 5. The van der Waals surface area contributed by atoms with Crippen molar-refractivity contribution in [3.63, 3.8) is 0 Å². The Hall–Kier alpha value is -3.61. The highest BCUT2D eigenvalue weighted by atomic mass is 16.5. The fourth-order valence-electron chi connectivity index (χ4n) is 2.29. The zero-order chi connectivity index (χ0) is 18.4. The van der Waals surface area contributed by atoms with Crippen molar-refractivity contribution in [2.75, 3.05) is 12.4 Å². The van der Waals surface area contributed by atoms with Crippen molar-refractivity contribution in [2.24, 2.45) is 0 Å². The summed E-state index contributed by atoms with van der Waals surface area (Å²) >= 11 is 0. The largest absolute Gasteiger partial charge is 0.464 e. The van der Waals surface area contributed by atoms with E-state index < -0.39 is 12.1 Å². The van der Waals surface area contributed by atoms with Crippen molar-refractivity contribution >= 4 is 17.7 Å². The third kappa shape index (κ3) is 4.07. The molecule has 1 aromatic heterocycles. The second-order valence-corrected chi connectivity index (χ2v) is 5.35. The van der Waals surface area contributed by atoms with Crippen LogP contribution in [0.15, 0.2) is 66.9 Å². The number of carbonyl (C=O) groups is 2. The zero-order valence-electron chi connectivity index (χ0n) is 14.1. The first-order valence-corrected chi connectivity index (χ1v) is 7.88. The first-order chi connectivity index (χ1) is 12.7. The number of ether oxygens (including phenoxy) is 2. The Balaban J connectivity index is 1.76. The Bertz CT molecular complexity index is 892. The molecule has 0 aliphatic carbocycles. The molecule has 1 N–H and O–H groups in total. The summed E-state index contributed by atoms with van der Waals surface area (Å²) in [6.45, 7) is 0.118. The van der Waals surface area contributed by atoms with Crippen molar-refractivity contribution in [3.05, 3.63) is 78.1 Å². The highest BCUT2D eigenvalue weighted by Gasteiger charge is 2.20. The Kier molecular flexibility index (Phi) is 5.28. The van der Waals surface area contributed by atoms with Crippen LogP contribution in [0, 0.1) is 0 Å². The van der Waals surface area contributed by atoms with Crippen LogP contribution in [0.1, 0.15) is 16.1 Å². The number of anilines is 1. The Morgan fingerprint density at radius 2 is 1.69 bits per heavy atom. The van der Waals surface area contributed by atoms with Crippen LogP contribution >= 0.6 is 0 Å². The molecule has 0 atom stereocenters. The molecule has 0 aliphatic heterocycles. The molecule has 1 heterocycles. The van der Waals surface area contributed by atoms with E-state index >= 15 is 0 Å². The van der Waals surface area contributed by atoms with Crippen LogP contribution in [0.3, 0.4) is 0 Å². The van der Waals surface area contributed by atoms with Gasteiger partial charge < -0.3 is 9.47 Å². The van der Waals surface area contributed by atoms with Gasteiger partial charge in [-0.25, -0.2) is 14.3 Å². The quantitative estimate of drug-likeness (QED) is 0.712. The zero-order valence-corrected chi connectivity index (χ0v) is 14.1. The Morgan fingerprint density at radius 1 is 1.04 bits per heavy atom. The van der Waals surface area contributed by atoms with E-state index in [1.165, 1.54) is 18.0 Å². The molecule has 3 rings (SSSR count). The van der Waals surface area contributed by atoms with Gasteiger partial charge in [0.2, 0.25) is 0 Å². The van der Waals surface area contributed by atoms with Crippen LogP contribution in [0.25, 0.3) is 5.69 Å². The monoisotopic (exact) mass is 351 g/mol. The van der Waals surface area contributed by atoms with Crippen LogP contribution in [-0.4, -0.2) is 29.0 Å². The molecule has 2 aromatic carbocycles. The maximum absolute atomic E-state index is 12.1. The second-order valence-electron chi connectivity index (χ2n) is 5.35. The van der Waals surface area contributed by atoms with Crippen molar-refractivity contribution < 1.29 is 19.1 Å². The summed E-state index contributed by atoms with van der Waals surface area (Å²) in [5.41, 5.74) is 1.80. The van der Waals surface area contributed by atoms with Crippen molar-refractivity contribution in [3.8, 4) is 5.69 Å². The molecule has 0 spiro atoms. The molecule has 3 aromatic rings. The average Bonchev–Trinajstić information content (AvgIpc) is 3.11. The van der Waals surface area contributed by atoms with Gasteiger partial charge in [0.05, 0.1) is 24.7 Å². The molecular formula is C19H17N3O4. The van der Waals surface area contributed by atoms with Crippen molar-refractivity contribution in [1.29, 1.82) is 0 Å². The van der Waals surface area contributed by atoms with Gasteiger partial charge >= 0.3 is 12.1 Å². The van der Waals surface area contributed by atoms with E-state index in [4.69, 9.17) is 9.47 Å². The minimum Gasteiger partial charge on any atom is -0.464 e. The Morgan fingerprint density at radius 3 is 2.35 bits per heavy atom. The third-order valence-electron chi connectivity index (χ3n) is 3.56. The van der Waals surface area contributed by atoms with Gasteiger partial charge in [0, 0.05) is 0 Å². The second kappa shape index (κ2) is 7.98. The van der Waals surface area contributed by atoms with Crippen LogP contribution in [0.2, 0.25) is 0 Å². The lowest BCUT2D eigenvalue weighted by molar-refractivity contribution is 0.0594. The molecule has 0 fully saturated rings. The summed E-state index contributed by atoms with van der Waals surface area (Å²) in [6.07, 6.45) is 0.845. The van der Waals surface area contributed by atoms with Crippen molar-refractivity contribution in [2.45, 2.75) is 6.61 Å². The van der Waals surface area contributed by atoms with Gasteiger partial charge in [0.15, 0.2) is 5.69 Å². The minimum atomic E-state index is -0.688. The highest BCUT2D eigenvalue weighted by molar-refractivity contribution is 5.98. The molecule has 0 saturated carbocycles. The van der Waals surface area contributed by atoms with Gasteiger partial charge in [0.25, 0.3) is 0 Å². The first-order valence-electron chi connectivity index (χ1n) is 7.88. The van der Waals surface area contributed by atoms with E-state index in [1.54, 1.807) is 0 Å². The number of amides is 1. The van der Waals surface area contributed by atoms with Gasteiger partial charge in [-0.15, -0.1) is 0 Å². The number of benzene rings is 2. The average molecular weight is 351 g/mol. The lowest BCUT2D eigenvalue weighted by Crippen LogP contribution is -2.15. The van der Waals surface area contributed by atoms with E-state index in [0.29, 0.717) is 0 Å². The first kappa shape index (κ1) is 17.2. The van der Waals surface area contributed by atoms with Gasteiger partial charge in [-0.3, -0.25) is 5.32 Å². The normalized spacial score (nSPS) is 10.2. The smallest absolute Gasteiger partial charge is 0.412 e. The van der Waals surface area contributed by atoms with E-state index in [0.717, 1.165) is 11.3 Å². The maximum Gasteiger partial charge on any atom is 0.412 e. The SMILES string of the molecule is COC(=O)c1nn(-c2ccccc2)cc1NC(=O)OCc1ccccc1. The van der Waals surface area contributed by atoms with Crippen LogP contribution in [-0.2, 0) is 16.1 Å². The van der Waals surface area contributed by atoms with Crippen LogP contribution in [0.4, 0.5) is 10.5 Å². The number of hydrogen-bond donors (Lipinski definition) is 1. The fourth-order valence-corrected chi connectivity index (χ4v) is 2.29. The van der Waals surface area contributed by atoms with Gasteiger partial charge in [0.1, 0.15) is 6.61 Å². The molecule has 0 unspecified atom stereocenters. The Labute approximate surface area is 150 Å². The van der Waals surface area contributed by atoms with E-state index in [9.17, 15) is 9.59 Å². The van der Waals surface area contributed by atoms with Crippen LogP contribution < -0.4 is 5.32 Å². The van der Waals surface area contributed by atoms with E-state index in [-0.39, 0.29) is 18.0 Å². The number of carbonyl (C=O) groups excluding carboxylic acids is 2. The van der Waals surface area contributed by atoms with Gasteiger partial charge in [-0.05, 0) is 17.7 Å². The van der Waals surface area contributed by atoms with E-state index in [2.05, 4.69) is 10.4 Å². The predicted molar refractivity (Wildman–Crippen MR) is 95.2 cm³/mol.